The fourth-order valence-electron chi connectivity index (χ4n) is 3.51. The molecule has 3 rings (SSSR count). The molecule has 1 aromatic carbocycles. The summed E-state index contributed by atoms with van der Waals surface area (Å²) in [5.41, 5.74) is 5.20. The normalized spacial score (nSPS) is 25.3. The Hall–Kier alpha value is -1.04. The smallest absolute Gasteiger partial charge is 0.0122 e. The highest BCUT2D eigenvalue weighted by Gasteiger charge is 2.23. The molecule has 0 nitrogen and oxygen atoms in total. The van der Waals surface area contributed by atoms with Gasteiger partial charge in [-0.15, -0.1) is 0 Å². The molecule has 0 radical (unpaired) electrons. The van der Waals surface area contributed by atoms with Gasteiger partial charge >= 0.3 is 0 Å². The lowest BCUT2D eigenvalue weighted by Gasteiger charge is -2.17. The second-order valence-corrected chi connectivity index (χ2v) is 5.62. The molecule has 2 aliphatic rings. The molecule has 1 aromatic rings. The molecule has 0 aromatic heterocycles. The van der Waals surface area contributed by atoms with Crippen LogP contribution in [0.25, 0.3) is 0 Å². The largest absolute Gasteiger partial charge is 0.0710 e. The van der Waals surface area contributed by atoms with Gasteiger partial charge in [-0.05, 0) is 56.4 Å². The van der Waals surface area contributed by atoms with Crippen LogP contribution < -0.4 is 0 Å². The van der Waals surface area contributed by atoms with Gasteiger partial charge in [0.25, 0.3) is 0 Å². The summed E-state index contributed by atoms with van der Waals surface area (Å²) in [6.45, 7) is 0. The minimum absolute atomic E-state index is 0.806. The Bertz CT molecular complexity index is 391. The molecule has 0 aliphatic heterocycles. The third-order valence-corrected chi connectivity index (χ3v) is 4.52. The predicted molar refractivity (Wildman–Crippen MR) is 73.1 cm³/mol. The van der Waals surface area contributed by atoms with Crippen molar-refractivity contribution >= 4 is 0 Å². The number of rotatable bonds is 1. The molecule has 0 amide bonds. The summed E-state index contributed by atoms with van der Waals surface area (Å²) < 4.78 is 0. The van der Waals surface area contributed by atoms with Gasteiger partial charge in [0, 0.05) is 0 Å². The summed E-state index contributed by atoms with van der Waals surface area (Å²) in [4.78, 5) is 0. The van der Waals surface area contributed by atoms with Gasteiger partial charge < -0.3 is 0 Å². The molecule has 0 N–H and O–H groups in total. The second kappa shape index (κ2) is 5.08. The molecule has 17 heavy (non-hydrogen) atoms. The molecule has 0 bridgehead atoms. The highest BCUT2D eigenvalue weighted by molar-refractivity contribution is 5.28. The first-order valence-electron chi connectivity index (χ1n) is 7.18. The number of allylic oxidation sites excluding steroid dienone is 2. The van der Waals surface area contributed by atoms with Crippen LogP contribution in [0.1, 0.15) is 62.8 Å². The van der Waals surface area contributed by atoms with Crippen LogP contribution in [0, 0.1) is 0 Å². The molecule has 90 valence electrons. The molecule has 0 saturated heterocycles. The number of hydrogen-bond acceptors (Lipinski definition) is 0. The van der Waals surface area contributed by atoms with Gasteiger partial charge in [-0.3, -0.25) is 0 Å². The first-order chi connectivity index (χ1) is 8.43. The molecule has 0 heteroatoms. The van der Waals surface area contributed by atoms with Gasteiger partial charge in [-0.1, -0.05) is 47.9 Å². The van der Waals surface area contributed by atoms with E-state index in [0.29, 0.717) is 0 Å². The number of benzene rings is 1. The van der Waals surface area contributed by atoms with Crippen molar-refractivity contribution in [2.24, 2.45) is 0 Å². The Kier molecular flexibility index (Phi) is 3.31. The van der Waals surface area contributed by atoms with Crippen LogP contribution in [-0.4, -0.2) is 0 Å². The quantitative estimate of drug-likeness (QED) is 0.576. The Balaban J connectivity index is 1.73. The number of hydrogen-bond donors (Lipinski definition) is 0. The van der Waals surface area contributed by atoms with E-state index in [1.165, 1.54) is 51.4 Å². The zero-order valence-corrected chi connectivity index (χ0v) is 10.6. The lowest BCUT2D eigenvalue weighted by atomic mass is 9.89. The van der Waals surface area contributed by atoms with Gasteiger partial charge in [0.05, 0.1) is 0 Å². The molecule has 2 aliphatic carbocycles. The molecular weight excluding hydrogens is 204 g/mol. The highest BCUT2D eigenvalue weighted by Crippen LogP contribution is 2.41. The summed E-state index contributed by atoms with van der Waals surface area (Å²) >= 11 is 0. The van der Waals surface area contributed by atoms with Crippen molar-refractivity contribution in [3.8, 4) is 0 Å². The van der Waals surface area contributed by atoms with Crippen LogP contribution in [0.2, 0.25) is 0 Å². The van der Waals surface area contributed by atoms with Crippen molar-refractivity contribution in [3.05, 3.63) is 47.0 Å². The van der Waals surface area contributed by atoms with Crippen molar-refractivity contribution in [1.29, 1.82) is 0 Å². The third kappa shape index (κ3) is 2.46. The molecule has 2 fully saturated rings. The summed E-state index contributed by atoms with van der Waals surface area (Å²) in [5, 5.41) is 0. The summed E-state index contributed by atoms with van der Waals surface area (Å²) in [7, 11) is 0. The molecule has 0 heterocycles. The van der Waals surface area contributed by atoms with Crippen molar-refractivity contribution in [2.75, 3.05) is 0 Å². The monoisotopic (exact) mass is 226 g/mol. The first kappa shape index (κ1) is 11.1. The highest BCUT2D eigenvalue weighted by atomic mass is 14.3. The van der Waals surface area contributed by atoms with E-state index in [9.17, 15) is 0 Å². The maximum absolute atomic E-state index is 2.30. The minimum atomic E-state index is 0.806. The molecular formula is C17H22. The predicted octanol–water partition coefficient (Wildman–Crippen LogP) is 5.21. The maximum Gasteiger partial charge on any atom is -0.0122 e. The third-order valence-electron chi connectivity index (χ3n) is 4.52. The average molecular weight is 226 g/mol. The van der Waals surface area contributed by atoms with Crippen LogP contribution in [0.5, 0.6) is 0 Å². The van der Waals surface area contributed by atoms with E-state index in [-0.39, 0.29) is 0 Å². The lowest BCUT2D eigenvalue weighted by molar-refractivity contribution is 0.590. The van der Waals surface area contributed by atoms with E-state index in [0.717, 1.165) is 5.92 Å². The van der Waals surface area contributed by atoms with E-state index in [1.54, 1.807) is 5.56 Å². The van der Waals surface area contributed by atoms with Crippen molar-refractivity contribution in [3.63, 3.8) is 0 Å². The van der Waals surface area contributed by atoms with Crippen molar-refractivity contribution in [1.82, 2.24) is 0 Å². The molecule has 1 unspecified atom stereocenters. The van der Waals surface area contributed by atoms with Crippen LogP contribution in [0.15, 0.2) is 41.5 Å². The Morgan fingerprint density at radius 2 is 1.53 bits per heavy atom. The first-order valence-corrected chi connectivity index (χ1v) is 7.18. The Labute approximate surface area is 105 Å². The lowest BCUT2D eigenvalue weighted by Crippen LogP contribution is -1.97. The van der Waals surface area contributed by atoms with Crippen LogP contribution in [0.4, 0.5) is 0 Å². The second-order valence-electron chi connectivity index (χ2n) is 5.62. The fraction of sp³-hybridized carbons (Fsp3) is 0.529. The van der Waals surface area contributed by atoms with Crippen molar-refractivity contribution in [2.45, 2.75) is 57.3 Å². The van der Waals surface area contributed by atoms with Crippen molar-refractivity contribution < 1.29 is 0 Å². The fourth-order valence-corrected chi connectivity index (χ4v) is 3.51. The minimum Gasteiger partial charge on any atom is -0.0710 e. The van der Waals surface area contributed by atoms with Gasteiger partial charge in [0.2, 0.25) is 0 Å². The molecule has 0 spiro atoms. The van der Waals surface area contributed by atoms with E-state index in [1.807, 2.05) is 11.1 Å². The zero-order chi connectivity index (χ0) is 11.5. The van der Waals surface area contributed by atoms with Gasteiger partial charge in [0.15, 0.2) is 0 Å². The van der Waals surface area contributed by atoms with E-state index in [4.69, 9.17) is 0 Å². The van der Waals surface area contributed by atoms with Gasteiger partial charge in [-0.2, -0.15) is 0 Å². The SMILES string of the molecule is c1ccc(C2CCC(=C3CCCCC3)C2)cc1. The van der Waals surface area contributed by atoms with E-state index in [2.05, 4.69) is 30.3 Å². The van der Waals surface area contributed by atoms with Crippen LogP contribution in [-0.2, 0) is 0 Å². The molecule has 2 saturated carbocycles. The Morgan fingerprint density at radius 1 is 0.765 bits per heavy atom. The van der Waals surface area contributed by atoms with Crippen LogP contribution >= 0.6 is 0 Å². The van der Waals surface area contributed by atoms with E-state index >= 15 is 0 Å². The van der Waals surface area contributed by atoms with Gasteiger partial charge in [0.1, 0.15) is 0 Å². The summed E-state index contributed by atoms with van der Waals surface area (Å²) in [6, 6.07) is 11.1. The Morgan fingerprint density at radius 3 is 2.29 bits per heavy atom. The van der Waals surface area contributed by atoms with Crippen LogP contribution in [0.3, 0.4) is 0 Å². The topological polar surface area (TPSA) is 0 Å². The molecule has 1 atom stereocenters. The average Bonchev–Trinajstić information content (AvgIpc) is 2.90. The van der Waals surface area contributed by atoms with E-state index < -0.39 is 0 Å². The van der Waals surface area contributed by atoms with Gasteiger partial charge in [-0.25, -0.2) is 0 Å². The summed E-state index contributed by atoms with van der Waals surface area (Å²) in [6.07, 6.45) is 11.2. The summed E-state index contributed by atoms with van der Waals surface area (Å²) in [5.74, 6) is 0.806. The standard InChI is InChI=1S/C17H22/c1-3-7-14(8-4-1)16-11-12-17(13-16)15-9-5-2-6-10-15/h1,3-4,7-8,16H,2,5-6,9-13H2. The zero-order valence-electron chi connectivity index (χ0n) is 10.6. The maximum atomic E-state index is 2.30.